The minimum Gasteiger partial charge on any atom is -0.209 e. The fourth-order valence-corrected chi connectivity index (χ4v) is 14.6. The lowest BCUT2D eigenvalue weighted by atomic mass is 9.42. The number of allylic oxidation sites excluding steroid dienone is 11. The van der Waals surface area contributed by atoms with Crippen molar-refractivity contribution in [3.8, 4) is 33.9 Å². The Morgan fingerprint density at radius 1 is 0.603 bits per heavy atom. The molecule has 1 atom stereocenters. The van der Waals surface area contributed by atoms with Gasteiger partial charge < -0.3 is 0 Å². The van der Waals surface area contributed by atoms with E-state index in [2.05, 4.69) is 140 Å². The maximum absolute atomic E-state index is 5.25. The Morgan fingerprint density at radius 2 is 1.37 bits per heavy atom. The largest absolute Gasteiger partial charge is 0.209 e. The second-order valence-electron chi connectivity index (χ2n) is 20.3. The maximum Gasteiger partial charge on any atom is 0.164 e. The summed E-state index contributed by atoms with van der Waals surface area (Å²) in [5.74, 6) is 6.60. The van der Waals surface area contributed by atoms with Crippen LogP contribution in [0.25, 0.3) is 51.1 Å². The van der Waals surface area contributed by atoms with E-state index in [4.69, 9.17) is 15.0 Å². The Kier molecular flexibility index (Phi) is 9.16. The summed E-state index contributed by atoms with van der Waals surface area (Å²) in [6.07, 6.45) is 37.2. The highest BCUT2D eigenvalue weighted by molar-refractivity contribution is 5.95. The summed E-state index contributed by atoms with van der Waals surface area (Å²) in [5.41, 5.74) is 18.3. The molecule has 1 spiro atoms. The molecule has 5 aromatic rings. The molecule has 0 saturated heterocycles. The van der Waals surface area contributed by atoms with E-state index in [0.717, 1.165) is 83.6 Å². The van der Waals surface area contributed by atoms with Crippen LogP contribution in [-0.2, 0) is 5.41 Å². The predicted molar refractivity (Wildman–Crippen MR) is 259 cm³/mol. The van der Waals surface area contributed by atoms with Crippen molar-refractivity contribution in [2.24, 2.45) is 23.7 Å². The topological polar surface area (TPSA) is 38.7 Å². The first-order chi connectivity index (χ1) is 31.2. The molecule has 5 fully saturated rings. The number of hydrogen-bond acceptors (Lipinski definition) is 3. The molecule has 1 unspecified atom stereocenters. The first-order valence-corrected chi connectivity index (χ1v) is 24.5. The number of hydrogen-bond donors (Lipinski definition) is 0. The molecule has 0 aliphatic heterocycles. The van der Waals surface area contributed by atoms with E-state index in [-0.39, 0.29) is 11.3 Å². The van der Waals surface area contributed by atoms with E-state index in [1.54, 1.807) is 33.4 Å². The highest BCUT2D eigenvalue weighted by Crippen LogP contribution is 2.70. The smallest absolute Gasteiger partial charge is 0.164 e. The van der Waals surface area contributed by atoms with Crippen LogP contribution in [0.3, 0.4) is 0 Å². The number of aromatic nitrogens is 3. The average Bonchev–Trinajstić information content (AvgIpc) is 3.44. The molecule has 4 aromatic carbocycles. The van der Waals surface area contributed by atoms with Crippen LogP contribution in [0.5, 0.6) is 0 Å². The third kappa shape index (κ3) is 6.08. The van der Waals surface area contributed by atoms with Crippen LogP contribution in [0.4, 0.5) is 0 Å². The number of fused-ring (bicyclic) bond motifs is 3. The van der Waals surface area contributed by atoms with Crippen LogP contribution in [0.2, 0.25) is 0 Å². The van der Waals surface area contributed by atoms with Gasteiger partial charge in [-0.05, 0) is 161 Å². The summed E-state index contributed by atoms with van der Waals surface area (Å²) in [4.78, 5) is 15.5. The van der Waals surface area contributed by atoms with Crippen molar-refractivity contribution in [3.05, 3.63) is 178 Å². The van der Waals surface area contributed by atoms with E-state index in [1.165, 1.54) is 86.5 Å². The molecule has 1 heterocycles. The zero-order valence-corrected chi connectivity index (χ0v) is 36.5. The number of rotatable bonds is 6. The zero-order chi connectivity index (χ0) is 41.5. The quantitative estimate of drug-likeness (QED) is 0.171. The Bertz CT molecular complexity index is 2810. The lowest BCUT2D eigenvalue weighted by molar-refractivity contribution is -0.0407. The van der Waals surface area contributed by atoms with Crippen molar-refractivity contribution < 1.29 is 0 Å². The molecule has 0 amide bonds. The van der Waals surface area contributed by atoms with Gasteiger partial charge in [0.15, 0.2) is 17.5 Å². The van der Waals surface area contributed by atoms with Gasteiger partial charge in [0.05, 0.1) is 0 Å². The molecule has 0 N–H and O–H groups in total. The zero-order valence-electron chi connectivity index (χ0n) is 36.5. The van der Waals surface area contributed by atoms with Crippen molar-refractivity contribution in [3.63, 3.8) is 0 Å². The summed E-state index contributed by atoms with van der Waals surface area (Å²) in [5, 5.41) is 0. The maximum atomic E-state index is 5.25. The molecular weight excluding hydrogens is 763 g/mol. The minimum atomic E-state index is 0.156. The van der Waals surface area contributed by atoms with Gasteiger partial charge in [-0.1, -0.05) is 159 Å². The van der Waals surface area contributed by atoms with E-state index < -0.39 is 0 Å². The summed E-state index contributed by atoms with van der Waals surface area (Å²) < 4.78 is 0. The number of nitrogens with zero attached hydrogens (tertiary/aromatic N) is 3. The molecule has 9 aliphatic rings. The van der Waals surface area contributed by atoms with Crippen molar-refractivity contribution in [2.75, 3.05) is 0 Å². The molecular formula is C60H57N3. The van der Waals surface area contributed by atoms with Gasteiger partial charge >= 0.3 is 0 Å². The van der Waals surface area contributed by atoms with E-state index in [9.17, 15) is 0 Å². The van der Waals surface area contributed by atoms with Gasteiger partial charge in [0.2, 0.25) is 0 Å². The average molecular weight is 820 g/mol. The van der Waals surface area contributed by atoms with Gasteiger partial charge in [-0.2, -0.15) is 0 Å². The van der Waals surface area contributed by atoms with Crippen molar-refractivity contribution in [1.29, 1.82) is 0 Å². The number of benzene rings is 4. The predicted octanol–water partition coefficient (Wildman–Crippen LogP) is 15.2. The fourth-order valence-electron chi connectivity index (χ4n) is 14.6. The van der Waals surface area contributed by atoms with Crippen molar-refractivity contribution in [2.45, 2.75) is 107 Å². The Balaban J connectivity index is 0.942. The summed E-state index contributed by atoms with van der Waals surface area (Å²) in [6.45, 7) is 0. The second kappa shape index (κ2) is 15.3. The van der Waals surface area contributed by atoms with Gasteiger partial charge in [-0.25, -0.2) is 15.0 Å². The van der Waals surface area contributed by atoms with Crippen molar-refractivity contribution >= 4 is 17.2 Å². The Hall–Kier alpha value is -5.67. The molecule has 14 rings (SSSR count). The lowest BCUT2D eigenvalue weighted by Crippen LogP contribution is -2.55. The highest BCUT2D eigenvalue weighted by atomic mass is 15.0. The summed E-state index contributed by atoms with van der Waals surface area (Å²) >= 11 is 0. The molecule has 312 valence electrons. The molecule has 9 aliphatic carbocycles. The van der Waals surface area contributed by atoms with Gasteiger partial charge in [0.1, 0.15) is 0 Å². The van der Waals surface area contributed by atoms with Crippen LogP contribution in [0.15, 0.2) is 145 Å². The van der Waals surface area contributed by atoms with Crippen molar-refractivity contribution in [1.82, 2.24) is 15.0 Å². The normalized spacial score (nSPS) is 27.8. The molecule has 0 radical (unpaired) electrons. The van der Waals surface area contributed by atoms with Crippen LogP contribution in [0.1, 0.15) is 135 Å². The molecule has 5 saturated carbocycles. The van der Waals surface area contributed by atoms with E-state index in [0.29, 0.717) is 5.82 Å². The first-order valence-electron chi connectivity index (χ1n) is 24.5. The Labute approximate surface area is 373 Å². The van der Waals surface area contributed by atoms with Gasteiger partial charge in [-0.3, -0.25) is 0 Å². The summed E-state index contributed by atoms with van der Waals surface area (Å²) in [7, 11) is 0. The first kappa shape index (κ1) is 37.8. The second-order valence-corrected chi connectivity index (χ2v) is 20.3. The molecule has 3 nitrogen and oxygen atoms in total. The standard InChI is InChI=1S/C60H57N3/c1-4-16-40(17-5-1)43-30-31-53-55(37-43)60(44-33-38-32-39(35-44)36-45(60)34-38)54-29-13-12-23-51(56(53)54)49-28-15-25-46-47(49)26-14-27-48(46)50-22-10-11-24-52(50)59-62-57(41-18-6-2-7-19-41)61-58(63-59)42-20-8-3-9-21-42/h2-3,6-8,10-11,13-15,18-20,22-27,29-31,37-40,44-45,49H,1,4-5,9,12,16-17,21,28,32-36H2. The van der Waals surface area contributed by atoms with Crippen LogP contribution in [-0.4, -0.2) is 15.0 Å². The highest BCUT2D eigenvalue weighted by Gasteiger charge is 2.62. The monoisotopic (exact) mass is 819 g/mol. The van der Waals surface area contributed by atoms with Gasteiger partial charge in [-0.15, -0.1) is 0 Å². The van der Waals surface area contributed by atoms with E-state index >= 15 is 0 Å². The van der Waals surface area contributed by atoms with Crippen LogP contribution >= 0.6 is 0 Å². The third-order valence-electron chi connectivity index (χ3n) is 17.0. The van der Waals surface area contributed by atoms with Gasteiger partial charge in [0.25, 0.3) is 0 Å². The molecule has 4 bridgehead atoms. The van der Waals surface area contributed by atoms with Gasteiger partial charge in [0, 0.05) is 22.5 Å². The Morgan fingerprint density at radius 3 is 2.17 bits per heavy atom. The summed E-state index contributed by atoms with van der Waals surface area (Å²) in [6, 6.07) is 34.3. The third-order valence-corrected chi connectivity index (χ3v) is 17.0. The van der Waals surface area contributed by atoms with Crippen LogP contribution in [0, 0.1) is 23.7 Å². The molecule has 3 heteroatoms. The molecule has 63 heavy (non-hydrogen) atoms. The van der Waals surface area contributed by atoms with E-state index in [1.807, 2.05) is 0 Å². The van der Waals surface area contributed by atoms with Crippen LogP contribution < -0.4 is 0 Å². The lowest BCUT2D eigenvalue weighted by Gasteiger charge is -2.61. The minimum absolute atomic E-state index is 0.156. The fraction of sp³-hybridized carbons (Fsp3) is 0.350. The molecule has 1 aromatic heterocycles. The SMILES string of the molecule is C1=CCCC(c2nc(-c3ccccc3)nc(-c3ccccc3-c3cccc4c3C=CCC4C3=CCC=CC4=C3c3ccc(C5CCCCC5)cc3C43C4CC5CC(C4)CC3C5)n2)=C1.